The van der Waals surface area contributed by atoms with Crippen LogP contribution in [0, 0.1) is 11.7 Å². The molecule has 0 aromatic rings. The minimum atomic E-state index is -5.02. The number of hydrogen-bond donors (Lipinski definition) is 0. The summed E-state index contributed by atoms with van der Waals surface area (Å²) in [5.74, 6) is 3.32. The minimum Gasteiger partial charge on any atom is -0.438 e. The number of hydrogen-bond acceptors (Lipinski definition) is 1. The first-order valence-electron chi connectivity index (χ1n) is 3.62. The van der Waals surface area contributed by atoms with Crippen molar-refractivity contribution in [2.75, 3.05) is 7.11 Å². The maximum absolute atomic E-state index is 11.7. The van der Waals surface area contributed by atoms with Gasteiger partial charge in [-0.3, -0.25) is 0 Å². The molecule has 0 saturated heterocycles. The Bertz CT molecular complexity index is 197. The second-order valence-electron chi connectivity index (χ2n) is 2.63. The Morgan fingerprint density at radius 2 is 1.92 bits per heavy atom. The van der Waals surface area contributed by atoms with E-state index in [-0.39, 0.29) is 0 Å². The average molecular weight is 179 g/mol. The molecule has 0 spiro atoms. The van der Waals surface area contributed by atoms with Crippen LogP contribution in [0.3, 0.4) is 0 Å². The monoisotopic (exact) mass is 179 g/mol. The highest BCUT2D eigenvalue weighted by Gasteiger charge is 2.22. The maximum atomic E-state index is 11.7. The molecular formula is C7H11BF3O-. The zero-order chi connectivity index (χ0) is 9.83. The van der Waals surface area contributed by atoms with Crippen LogP contribution in [0.5, 0.6) is 0 Å². The lowest BCUT2D eigenvalue weighted by Crippen LogP contribution is -2.25. The van der Waals surface area contributed by atoms with Crippen molar-refractivity contribution in [2.24, 2.45) is 0 Å². The second kappa shape index (κ2) is 3.86. The fourth-order valence-electron chi connectivity index (χ4n) is 0.518. The molecule has 0 aliphatic carbocycles. The Hall–Kier alpha value is -0.625. The molecule has 5 heteroatoms. The van der Waals surface area contributed by atoms with E-state index in [4.69, 9.17) is 4.74 Å². The summed E-state index contributed by atoms with van der Waals surface area (Å²) in [5, 5.41) is 0. The van der Waals surface area contributed by atoms with Gasteiger partial charge in [0.2, 0.25) is 0 Å². The summed E-state index contributed by atoms with van der Waals surface area (Å²) >= 11 is 0. The smallest absolute Gasteiger partial charge is 0.438 e. The van der Waals surface area contributed by atoms with Gasteiger partial charge < -0.3 is 17.7 Å². The van der Waals surface area contributed by atoms with Crippen LogP contribution < -0.4 is 0 Å². The van der Waals surface area contributed by atoms with E-state index in [0.29, 0.717) is 6.42 Å². The van der Waals surface area contributed by atoms with Gasteiger partial charge in [0.1, 0.15) is 5.60 Å². The van der Waals surface area contributed by atoms with E-state index in [2.05, 4.69) is 5.92 Å². The van der Waals surface area contributed by atoms with E-state index < -0.39 is 12.6 Å². The lowest BCUT2D eigenvalue weighted by Gasteiger charge is -2.20. The third kappa shape index (κ3) is 4.29. The first kappa shape index (κ1) is 11.4. The largest absolute Gasteiger partial charge is 0.557 e. The second-order valence-corrected chi connectivity index (χ2v) is 2.63. The lowest BCUT2D eigenvalue weighted by atomic mass is 9.91. The highest BCUT2D eigenvalue weighted by molar-refractivity contribution is 6.67. The molecule has 0 bridgehead atoms. The standard InChI is InChI=1S/C7H11BF3O/c1-4-7(2,12-3)5-6-8(9,10)11/h4H2,1-3H3/q-1. The van der Waals surface area contributed by atoms with Crippen LogP contribution in [0.25, 0.3) is 0 Å². The van der Waals surface area contributed by atoms with E-state index in [0.717, 1.165) is 0 Å². The van der Waals surface area contributed by atoms with Gasteiger partial charge >= 0.3 is 6.98 Å². The minimum absolute atomic E-state index is 0.433. The van der Waals surface area contributed by atoms with Crippen molar-refractivity contribution in [1.29, 1.82) is 0 Å². The van der Waals surface area contributed by atoms with Gasteiger partial charge in [-0.05, 0) is 13.3 Å². The molecular weight excluding hydrogens is 168 g/mol. The van der Waals surface area contributed by atoms with Crippen LogP contribution in [0.4, 0.5) is 12.9 Å². The summed E-state index contributed by atoms with van der Waals surface area (Å²) < 4.78 is 39.9. The molecule has 0 fully saturated rings. The molecule has 0 aliphatic heterocycles. The van der Waals surface area contributed by atoms with Crippen LogP contribution in [-0.2, 0) is 4.74 Å². The van der Waals surface area contributed by atoms with Crippen molar-refractivity contribution in [3.05, 3.63) is 0 Å². The van der Waals surface area contributed by atoms with Crippen LogP contribution in [-0.4, -0.2) is 19.7 Å². The van der Waals surface area contributed by atoms with Crippen LogP contribution >= 0.6 is 0 Å². The van der Waals surface area contributed by atoms with Crippen molar-refractivity contribution < 1.29 is 17.7 Å². The van der Waals surface area contributed by atoms with E-state index in [1.165, 1.54) is 19.9 Å². The molecule has 0 aliphatic rings. The van der Waals surface area contributed by atoms with Gasteiger partial charge in [-0.1, -0.05) is 6.92 Å². The molecule has 12 heavy (non-hydrogen) atoms. The summed E-state index contributed by atoms with van der Waals surface area (Å²) in [6.45, 7) is -1.77. The third-order valence-electron chi connectivity index (χ3n) is 1.63. The van der Waals surface area contributed by atoms with Crippen molar-refractivity contribution >= 4 is 6.98 Å². The summed E-state index contributed by atoms with van der Waals surface area (Å²) in [7, 11) is 1.35. The molecule has 0 radical (unpaired) electrons. The quantitative estimate of drug-likeness (QED) is 0.466. The molecule has 0 aromatic carbocycles. The van der Waals surface area contributed by atoms with Gasteiger partial charge in [-0.25, -0.2) is 0 Å². The van der Waals surface area contributed by atoms with E-state index >= 15 is 0 Å². The molecule has 0 rings (SSSR count). The Labute approximate surface area is 70.3 Å². The van der Waals surface area contributed by atoms with Gasteiger partial charge in [-0.2, -0.15) is 5.82 Å². The first-order valence-corrected chi connectivity index (χ1v) is 3.62. The Morgan fingerprint density at radius 3 is 2.17 bits per heavy atom. The normalized spacial score (nSPS) is 16.2. The van der Waals surface area contributed by atoms with Crippen molar-refractivity contribution in [3.63, 3.8) is 0 Å². The summed E-state index contributed by atoms with van der Waals surface area (Å²) in [6, 6.07) is 0. The zero-order valence-electron chi connectivity index (χ0n) is 7.33. The SMILES string of the molecule is CCC(C)(C#C[B-](F)(F)F)OC. The number of rotatable bonds is 2. The number of halogens is 3. The summed E-state index contributed by atoms with van der Waals surface area (Å²) in [5.41, 5.74) is -0.975. The molecule has 70 valence electrons. The van der Waals surface area contributed by atoms with Crippen molar-refractivity contribution in [1.82, 2.24) is 0 Å². The summed E-state index contributed by atoms with van der Waals surface area (Å²) in [6.07, 6.45) is 0.433. The van der Waals surface area contributed by atoms with Crippen LogP contribution in [0.15, 0.2) is 0 Å². The topological polar surface area (TPSA) is 9.23 Å². The molecule has 0 saturated carbocycles. The van der Waals surface area contributed by atoms with E-state index in [1.54, 1.807) is 6.92 Å². The fraction of sp³-hybridized carbons (Fsp3) is 0.714. The summed E-state index contributed by atoms with van der Waals surface area (Å²) in [4.78, 5) is 0. The Balaban J connectivity index is 4.46. The molecule has 0 N–H and O–H groups in total. The number of ether oxygens (including phenoxy) is 1. The third-order valence-corrected chi connectivity index (χ3v) is 1.63. The van der Waals surface area contributed by atoms with Crippen LogP contribution in [0.1, 0.15) is 20.3 Å². The number of methoxy groups -OCH3 is 1. The van der Waals surface area contributed by atoms with Crippen molar-refractivity contribution in [3.8, 4) is 11.7 Å². The van der Waals surface area contributed by atoms with E-state index in [9.17, 15) is 12.9 Å². The Kier molecular flexibility index (Phi) is 3.66. The molecule has 0 amide bonds. The predicted octanol–water partition coefficient (Wildman–Crippen LogP) is 2.19. The predicted molar refractivity (Wildman–Crippen MR) is 42.6 cm³/mol. The molecule has 1 unspecified atom stereocenters. The molecule has 1 nitrogen and oxygen atoms in total. The molecule has 0 heterocycles. The highest BCUT2D eigenvalue weighted by atomic mass is 19.4. The van der Waals surface area contributed by atoms with Gasteiger partial charge in [0.15, 0.2) is 0 Å². The van der Waals surface area contributed by atoms with Crippen LogP contribution in [0.2, 0.25) is 0 Å². The molecule has 1 atom stereocenters. The fourth-order valence-corrected chi connectivity index (χ4v) is 0.518. The van der Waals surface area contributed by atoms with Crippen molar-refractivity contribution in [2.45, 2.75) is 25.9 Å². The highest BCUT2D eigenvalue weighted by Crippen LogP contribution is 2.13. The molecule has 0 aromatic heterocycles. The van der Waals surface area contributed by atoms with Gasteiger partial charge in [0.05, 0.1) is 0 Å². The zero-order valence-corrected chi connectivity index (χ0v) is 7.33. The Morgan fingerprint density at radius 1 is 1.42 bits per heavy atom. The lowest BCUT2D eigenvalue weighted by molar-refractivity contribution is 0.0542. The average Bonchev–Trinajstić information content (AvgIpc) is 1.99. The van der Waals surface area contributed by atoms with Gasteiger partial charge in [0.25, 0.3) is 0 Å². The van der Waals surface area contributed by atoms with E-state index in [1.807, 2.05) is 0 Å². The van der Waals surface area contributed by atoms with Gasteiger partial charge in [0, 0.05) is 7.11 Å². The first-order chi connectivity index (χ1) is 5.33. The maximum Gasteiger partial charge on any atom is 0.557 e. The van der Waals surface area contributed by atoms with Gasteiger partial charge in [-0.15, -0.1) is 5.92 Å².